The van der Waals surface area contributed by atoms with Crippen LogP contribution >= 0.6 is 0 Å². The molecule has 3 aromatic heterocycles. The summed E-state index contributed by atoms with van der Waals surface area (Å²) in [5.74, 6) is -1.75. The molecule has 1 amide bonds. The summed E-state index contributed by atoms with van der Waals surface area (Å²) in [7, 11) is 0. The van der Waals surface area contributed by atoms with Gasteiger partial charge < -0.3 is 15.2 Å². The lowest BCUT2D eigenvalue weighted by atomic mass is 10.1. The predicted molar refractivity (Wildman–Crippen MR) is 141 cm³/mol. The Bertz CT molecular complexity index is 2240. The molecular formula is C28H22F3N7O. The number of rotatable bonds is 6. The zero-order valence-corrected chi connectivity index (χ0v) is 19.7. The molecule has 0 spiro atoms. The summed E-state index contributed by atoms with van der Waals surface area (Å²) in [6, 6.07) is -2.52. The highest BCUT2D eigenvalue weighted by Gasteiger charge is 2.31. The number of pyridine rings is 1. The van der Waals surface area contributed by atoms with Gasteiger partial charge in [-0.3, -0.25) is 9.78 Å². The molecule has 0 fully saturated rings. The van der Waals surface area contributed by atoms with Gasteiger partial charge in [0.15, 0.2) is 0 Å². The topological polar surface area (TPSA) is 97.6 Å². The Morgan fingerprint density at radius 3 is 2.77 bits per heavy atom. The third-order valence-electron chi connectivity index (χ3n) is 5.01. The SMILES string of the molecule is [2H]c1nc(Nc2cc(C(=O)Nc3c([2H])c(-n4cnc(C)c4)c([2H])c(C(F)(F)F)c3[2H])ccc2C([2H])([2H])[2H])nc(-c2c([2H])nc([2H])c([2H])c2[2H])c1[2H]. The monoisotopic (exact) mass is 541 g/mol. The van der Waals surface area contributed by atoms with Crippen molar-refractivity contribution in [3.8, 4) is 16.9 Å². The first-order valence-corrected chi connectivity index (χ1v) is 10.9. The van der Waals surface area contributed by atoms with E-state index in [1.54, 1.807) is 0 Å². The van der Waals surface area contributed by atoms with Crippen LogP contribution in [0.5, 0.6) is 0 Å². The molecule has 0 bridgehead atoms. The first-order valence-electron chi connectivity index (χ1n) is 16.9. The molecule has 11 heteroatoms. The predicted octanol–water partition coefficient (Wildman–Crippen LogP) is 6.36. The van der Waals surface area contributed by atoms with Crippen LogP contribution in [0.3, 0.4) is 0 Å². The van der Waals surface area contributed by atoms with Crippen molar-refractivity contribution in [1.82, 2.24) is 24.5 Å². The van der Waals surface area contributed by atoms with Crippen LogP contribution in [0.4, 0.5) is 30.5 Å². The van der Waals surface area contributed by atoms with Gasteiger partial charge >= 0.3 is 6.18 Å². The molecule has 0 saturated heterocycles. The number of anilines is 3. The molecule has 0 aliphatic heterocycles. The van der Waals surface area contributed by atoms with E-state index < -0.39 is 119 Å². The maximum Gasteiger partial charge on any atom is 0.416 e. The largest absolute Gasteiger partial charge is 0.416 e. The molecule has 196 valence electrons. The third kappa shape index (κ3) is 5.93. The minimum atomic E-state index is -5.24. The Morgan fingerprint density at radius 1 is 1.13 bits per heavy atom. The number of alkyl halides is 3. The molecule has 2 N–H and O–H groups in total. The van der Waals surface area contributed by atoms with Gasteiger partial charge in [-0.15, -0.1) is 0 Å². The molecule has 39 heavy (non-hydrogen) atoms. The highest BCUT2D eigenvalue weighted by Crippen LogP contribution is 2.33. The number of hydrogen-bond donors (Lipinski definition) is 2. The Balaban J connectivity index is 1.61. The fourth-order valence-electron chi connectivity index (χ4n) is 3.24. The van der Waals surface area contributed by atoms with Gasteiger partial charge in [0.25, 0.3) is 5.91 Å². The van der Waals surface area contributed by atoms with Crippen LogP contribution < -0.4 is 10.6 Å². The number of amides is 1. The molecule has 3 heterocycles. The Hall–Kier alpha value is -5.06. The number of halogens is 3. The second-order valence-corrected chi connectivity index (χ2v) is 7.83. The van der Waals surface area contributed by atoms with Crippen molar-refractivity contribution < 1.29 is 34.4 Å². The highest BCUT2D eigenvalue weighted by molar-refractivity contribution is 6.05. The van der Waals surface area contributed by atoms with E-state index in [4.69, 9.17) is 16.4 Å². The quantitative estimate of drug-likeness (QED) is 0.260. The lowest BCUT2D eigenvalue weighted by Gasteiger charge is -2.14. The van der Waals surface area contributed by atoms with Gasteiger partial charge in [0.05, 0.1) is 35.6 Å². The molecule has 2 aromatic carbocycles. The van der Waals surface area contributed by atoms with E-state index in [1.165, 1.54) is 13.1 Å². The van der Waals surface area contributed by atoms with Gasteiger partial charge in [0.2, 0.25) is 5.95 Å². The first-order chi connectivity index (χ1) is 23.6. The van der Waals surface area contributed by atoms with Crippen molar-refractivity contribution in [2.75, 3.05) is 10.6 Å². The van der Waals surface area contributed by atoms with E-state index in [9.17, 15) is 18.0 Å². The number of nitrogens with zero attached hydrogens (tertiary/aromatic N) is 5. The highest BCUT2D eigenvalue weighted by atomic mass is 19.4. The zero-order chi connectivity index (χ0) is 37.9. The number of carbonyl (C=O) groups excluding carboxylic acids is 1. The van der Waals surface area contributed by atoms with Crippen molar-refractivity contribution in [2.45, 2.75) is 20.0 Å². The number of imidazole rings is 1. The van der Waals surface area contributed by atoms with Gasteiger partial charge in [-0.2, -0.15) is 13.2 Å². The van der Waals surface area contributed by atoms with Crippen molar-refractivity contribution in [2.24, 2.45) is 0 Å². The molecule has 0 aliphatic carbocycles. The molecular weight excluding hydrogens is 507 g/mol. The zero-order valence-electron chi connectivity index (χ0n) is 31.7. The van der Waals surface area contributed by atoms with E-state index in [-0.39, 0.29) is 5.69 Å². The maximum absolute atomic E-state index is 14.1. The summed E-state index contributed by atoms with van der Waals surface area (Å²) in [4.78, 5) is 28.8. The maximum atomic E-state index is 14.1. The van der Waals surface area contributed by atoms with Crippen LogP contribution in [0.2, 0.25) is 0 Å². The summed E-state index contributed by atoms with van der Waals surface area (Å²) in [5.41, 5.74) is -5.13. The lowest BCUT2D eigenvalue weighted by molar-refractivity contribution is -0.137. The number of nitrogens with one attached hydrogen (secondary N) is 2. The van der Waals surface area contributed by atoms with Crippen LogP contribution in [-0.4, -0.2) is 30.4 Å². The summed E-state index contributed by atoms with van der Waals surface area (Å²) in [6.07, 6.45) is -5.09. The van der Waals surface area contributed by atoms with Gasteiger partial charge in [0, 0.05) is 57.0 Å². The average Bonchev–Trinajstić information content (AvgIpc) is 3.44. The van der Waals surface area contributed by atoms with Crippen molar-refractivity contribution in [3.05, 3.63) is 108 Å². The fourth-order valence-corrected chi connectivity index (χ4v) is 3.24. The minimum absolute atomic E-state index is 0.340. The lowest BCUT2D eigenvalue weighted by Crippen LogP contribution is -2.14. The van der Waals surface area contributed by atoms with Crippen LogP contribution in [0.15, 0.2) is 85.5 Å². The van der Waals surface area contributed by atoms with Gasteiger partial charge in [0.1, 0.15) is 0 Å². The molecule has 0 aliphatic rings. The van der Waals surface area contributed by atoms with Gasteiger partial charge in [-0.1, -0.05) is 6.07 Å². The van der Waals surface area contributed by atoms with Crippen LogP contribution in [0, 0.1) is 13.8 Å². The van der Waals surface area contributed by atoms with E-state index >= 15 is 0 Å². The van der Waals surface area contributed by atoms with Gasteiger partial charge in [-0.25, -0.2) is 15.0 Å². The molecule has 0 atom stereocenters. The molecule has 5 aromatic rings. The second kappa shape index (κ2) is 10.4. The summed E-state index contributed by atoms with van der Waals surface area (Å²) in [5, 5.41) is 4.63. The minimum Gasteiger partial charge on any atom is -0.324 e. The van der Waals surface area contributed by atoms with Crippen LogP contribution in [0.1, 0.15) is 43.6 Å². The normalized spacial score (nSPS) is 16.0. The van der Waals surface area contributed by atoms with E-state index in [2.05, 4.69) is 30.6 Å². The third-order valence-corrected chi connectivity index (χ3v) is 5.01. The summed E-state index contributed by atoms with van der Waals surface area (Å²) in [6.45, 7) is -1.34. The Kier molecular flexibility index (Phi) is 3.92. The Labute approximate surface area is 238 Å². The van der Waals surface area contributed by atoms with Crippen LogP contribution in [-0.2, 0) is 6.18 Å². The smallest absolute Gasteiger partial charge is 0.324 e. The van der Waals surface area contributed by atoms with E-state index in [0.717, 1.165) is 29.1 Å². The average molecular weight is 542 g/mol. The number of aryl methyl sites for hydroxylation is 2. The number of carbonyl (C=O) groups is 1. The molecule has 0 radical (unpaired) electrons. The number of hydrogen-bond acceptors (Lipinski definition) is 6. The molecule has 0 unspecified atom stereocenters. The van der Waals surface area contributed by atoms with Crippen molar-refractivity contribution >= 4 is 23.2 Å². The number of aromatic nitrogens is 5. The standard InChI is InChI=1S/C28H22F3N7O/c1-17-5-6-19(10-25(17)37-27-33-9-7-24(36-27)20-4-3-8-32-14-20)26(39)35-22-11-21(28(29,30)31)12-23(13-22)38-15-18(2)34-16-38/h3-16H,1-2H3,(H,35,39)(H,33,36,37)/i1D3,3D,4D,7D,8D,9D,11D,12D,13D,14D. The first kappa shape index (κ1) is 14.8. The van der Waals surface area contributed by atoms with Crippen molar-refractivity contribution in [3.63, 3.8) is 0 Å². The number of benzene rings is 2. The van der Waals surface area contributed by atoms with Crippen molar-refractivity contribution in [1.29, 1.82) is 0 Å². The molecule has 0 saturated carbocycles. The van der Waals surface area contributed by atoms with Crippen LogP contribution in [0.25, 0.3) is 16.9 Å². The van der Waals surface area contributed by atoms with E-state index in [1.807, 2.05) is 0 Å². The van der Waals surface area contributed by atoms with Gasteiger partial charge in [-0.05, 0) is 67.7 Å². The Morgan fingerprint density at radius 2 is 2.00 bits per heavy atom. The summed E-state index contributed by atoms with van der Waals surface area (Å²) < 4.78 is 140. The second-order valence-electron chi connectivity index (χ2n) is 7.83. The molecule has 8 nitrogen and oxygen atoms in total. The fraction of sp³-hybridized carbons (Fsp3) is 0.107. The van der Waals surface area contributed by atoms with E-state index in [0.29, 0.717) is 5.69 Å². The molecule has 5 rings (SSSR count). The summed E-state index contributed by atoms with van der Waals surface area (Å²) >= 11 is 0.